The maximum Gasteiger partial charge on any atom is 0.261 e. The Labute approximate surface area is 174 Å². The Balaban J connectivity index is 1.66. The quantitative estimate of drug-likeness (QED) is 0.441. The molecule has 4 heteroatoms. The van der Waals surface area contributed by atoms with E-state index >= 15 is 0 Å². The first-order valence-electron chi connectivity index (χ1n) is 9.40. The molecule has 0 fully saturated rings. The van der Waals surface area contributed by atoms with E-state index in [0.29, 0.717) is 22.5 Å². The lowest BCUT2D eigenvalue weighted by molar-refractivity contribution is 0.748. The van der Waals surface area contributed by atoms with Crippen molar-refractivity contribution in [2.75, 3.05) is 0 Å². The first-order chi connectivity index (χ1) is 14.1. The number of hydrogen-bond donors (Lipinski definition) is 0. The molecule has 1 unspecified atom stereocenters. The fourth-order valence-corrected chi connectivity index (χ4v) is 3.41. The van der Waals surface area contributed by atoms with Crippen LogP contribution in [-0.4, -0.2) is 9.55 Å². The van der Waals surface area contributed by atoms with Gasteiger partial charge < -0.3 is 0 Å². The highest BCUT2D eigenvalue weighted by molar-refractivity contribution is 6.30. The Kier molecular flexibility index (Phi) is 5.46. The molecule has 4 aromatic rings. The molecular formula is C25H19ClN2O. The van der Waals surface area contributed by atoms with E-state index in [1.165, 1.54) is 5.56 Å². The molecule has 0 aliphatic rings. The summed E-state index contributed by atoms with van der Waals surface area (Å²) in [4.78, 5) is 17.4. The maximum absolute atomic E-state index is 13.0. The monoisotopic (exact) mass is 398 g/mol. The summed E-state index contributed by atoms with van der Waals surface area (Å²) in [5, 5.41) is 1.21. The van der Waals surface area contributed by atoms with Crippen LogP contribution < -0.4 is 5.56 Å². The molecule has 1 atom stereocenters. The first kappa shape index (κ1) is 19.0. The van der Waals surface area contributed by atoms with Gasteiger partial charge in [-0.3, -0.25) is 9.36 Å². The van der Waals surface area contributed by atoms with Crippen LogP contribution in [0.5, 0.6) is 0 Å². The molecule has 0 amide bonds. The predicted molar refractivity (Wildman–Crippen MR) is 118 cm³/mol. The van der Waals surface area contributed by atoms with E-state index in [9.17, 15) is 4.79 Å². The second kappa shape index (κ2) is 8.34. The Morgan fingerprint density at radius 2 is 1.86 bits per heavy atom. The van der Waals surface area contributed by atoms with Gasteiger partial charge in [-0.1, -0.05) is 65.9 Å². The lowest BCUT2D eigenvalue weighted by Crippen LogP contribution is -2.21. The number of fused-ring (bicyclic) bond motifs is 1. The van der Waals surface area contributed by atoms with Gasteiger partial charge in [-0.2, -0.15) is 0 Å². The summed E-state index contributed by atoms with van der Waals surface area (Å²) in [5.74, 6) is 6.57. The van der Waals surface area contributed by atoms with E-state index in [-0.39, 0.29) is 11.5 Å². The Morgan fingerprint density at radius 3 is 2.66 bits per heavy atom. The summed E-state index contributed by atoms with van der Waals surface area (Å²) in [5.41, 5.74) is 3.51. The SMILES string of the molecule is CC(C#Cc1ccc2ncn(Cc3cccc(Cl)c3)c(=O)c2c1)c1ccccc1. The highest BCUT2D eigenvalue weighted by Crippen LogP contribution is 2.15. The van der Waals surface area contributed by atoms with Gasteiger partial charge in [0.2, 0.25) is 0 Å². The minimum absolute atomic E-state index is 0.0882. The van der Waals surface area contributed by atoms with E-state index in [1.807, 2.05) is 60.7 Å². The van der Waals surface area contributed by atoms with Gasteiger partial charge in [0.05, 0.1) is 23.8 Å². The molecule has 1 aromatic heterocycles. The molecular weight excluding hydrogens is 380 g/mol. The zero-order valence-corrected chi connectivity index (χ0v) is 16.7. The van der Waals surface area contributed by atoms with Gasteiger partial charge in [0, 0.05) is 16.5 Å². The summed E-state index contributed by atoms with van der Waals surface area (Å²) in [6.07, 6.45) is 1.58. The summed E-state index contributed by atoms with van der Waals surface area (Å²) < 4.78 is 1.60. The van der Waals surface area contributed by atoms with Crippen molar-refractivity contribution in [3.05, 3.63) is 111 Å². The third-order valence-electron chi connectivity index (χ3n) is 4.80. The first-order valence-corrected chi connectivity index (χ1v) is 9.78. The summed E-state index contributed by atoms with van der Waals surface area (Å²) >= 11 is 6.05. The summed E-state index contributed by atoms with van der Waals surface area (Å²) in [6, 6.07) is 23.2. The Morgan fingerprint density at radius 1 is 1.03 bits per heavy atom. The van der Waals surface area contributed by atoms with Crippen molar-refractivity contribution in [3.63, 3.8) is 0 Å². The van der Waals surface area contributed by atoms with Gasteiger partial charge in [-0.05, 0) is 48.4 Å². The second-order valence-electron chi connectivity index (χ2n) is 6.94. The zero-order chi connectivity index (χ0) is 20.2. The fourth-order valence-electron chi connectivity index (χ4n) is 3.20. The van der Waals surface area contributed by atoms with Crippen LogP contribution in [-0.2, 0) is 6.54 Å². The minimum Gasteiger partial charge on any atom is -0.294 e. The smallest absolute Gasteiger partial charge is 0.261 e. The van der Waals surface area contributed by atoms with E-state index in [2.05, 4.69) is 35.9 Å². The standard InChI is InChI=1S/C25H19ClN2O/c1-18(21-7-3-2-4-8-21)10-11-19-12-13-24-23(15-19)25(29)28(17-27-24)16-20-6-5-9-22(26)14-20/h2-9,12-15,17-18H,16H2,1H3. The highest BCUT2D eigenvalue weighted by atomic mass is 35.5. The predicted octanol–water partition coefficient (Wildman–Crippen LogP) is 5.25. The molecule has 142 valence electrons. The van der Waals surface area contributed by atoms with Gasteiger partial charge in [-0.25, -0.2) is 4.98 Å². The third-order valence-corrected chi connectivity index (χ3v) is 5.03. The lowest BCUT2D eigenvalue weighted by Gasteiger charge is -2.07. The molecule has 0 bridgehead atoms. The number of rotatable bonds is 3. The van der Waals surface area contributed by atoms with Crippen LogP contribution in [0.25, 0.3) is 10.9 Å². The number of aromatic nitrogens is 2. The van der Waals surface area contributed by atoms with Crippen molar-refractivity contribution in [2.24, 2.45) is 0 Å². The molecule has 4 rings (SSSR count). The van der Waals surface area contributed by atoms with Gasteiger partial charge in [-0.15, -0.1) is 0 Å². The van der Waals surface area contributed by atoms with Crippen molar-refractivity contribution in [1.82, 2.24) is 9.55 Å². The molecule has 0 radical (unpaired) electrons. The maximum atomic E-state index is 13.0. The van der Waals surface area contributed by atoms with E-state index in [0.717, 1.165) is 11.1 Å². The number of hydrogen-bond acceptors (Lipinski definition) is 2. The van der Waals surface area contributed by atoms with Crippen LogP contribution in [0.2, 0.25) is 5.02 Å². The number of halogens is 1. The van der Waals surface area contributed by atoms with E-state index < -0.39 is 0 Å². The lowest BCUT2D eigenvalue weighted by atomic mass is 10.0. The van der Waals surface area contributed by atoms with Crippen molar-refractivity contribution in [3.8, 4) is 11.8 Å². The largest absolute Gasteiger partial charge is 0.294 e. The van der Waals surface area contributed by atoms with Crippen molar-refractivity contribution in [1.29, 1.82) is 0 Å². The van der Waals surface area contributed by atoms with Gasteiger partial charge >= 0.3 is 0 Å². The van der Waals surface area contributed by atoms with Crippen molar-refractivity contribution >= 4 is 22.5 Å². The van der Waals surface area contributed by atoms with Gasteiger partial charge in [0.25, 0.3) is 5.56 Å². The van der Waals surface area contributed by atoms with Crippen LogP contribution in [0.1, 0.15) is 29.5 Å². The molecule has 0 aliphatic heterocycles. The molecule has 1 heterocycles. The molecule has 0 spiro atoms. The summed E-state index contributed by atoms with van der Waals surface area (Å²) in [7, 11) is 0. The minimum atomic E-state index is -0.0882. The molecule has 3 aromatic carbocycles. The van der Waals surface area contributed by atoms with Crippen molar-refractivity contribution in [2.45, 2.75) is 19.4 Å². The van der Waals surface area contributed by atoms with E-state index in [4.69, 9.17) is 11.6 Å². The third kappa shape index (κ3) is 4.39. The van der Waals surface area contributed by atoms with Crippen LogP contribution in [0.3, 0.4) is 0 Å². The molecule has 3 nitrogen and oxygen atoms in total. The van der Waals surface area contributed by atoms with Crippen LogP contribution in [0, 0.1) is 11.8 Å². The fraction of sp³-hybridized carbons (Fsp3) is 0.120. The normalized spacial score (nSPS) is 11.7. The van der Waals surface area contributed by atoms with Gasteiger partial charge in [0.1, 0.15) is 0 Å². The van der Waals surface area contributed by atoms with Crippen LogP contribution in [0.15, 0.2) is 83.9 Å². The van der Waals surface area contributed by atoms with E-state index in [1.54, 1.807) is 10.9 Å². The zero-order valence-electron chi connectivity index (χ0n) is 16.0. The molecule has 0 saturated carbocycles. The molecule has 29 heavy (non-hydrogen) atoms. The summed E-state index contributed by atoms with van der Waals surface area (Å²) in [6.45, 7) is 2.49. The molecule has 0 saturated heterocycles. The topological polar surface area (TPSA) is 34.9 Å². The highest BCUT2D eigenvalue weighted by Gasteiger charge is 2.06. The average molecular weight is 399 g/mol. The average Bonchev–Trinajstić information content (AvgIpc) is 2.75. The Hall–Kier alpha value is -3.35. The van der Waals surface area contributed by atoms with Crippen LogP contribution in [0.4, 0.5) is 0 Å². The van der Waals surface area contributed by atoms with Gasteiger partial charge in [0.15, 0.2) is 0 Å². The molecule has 0 aliphatic carbocycles. The molecule has 0 N–H and O–H groups in total. The second-order valence-corrected chi connectivity index (χ2v) is 7.38. The number of nitrogens with zero attached hydrogens (tertiary/aromatic N) is 2. The van der Waals surface area contributed by atoms with Crippen molar-refractivity contribution < 1.29 is 0 Å². The van der Waals surface area contributed by atoms with Crippen LogP contribution >= 0.6 is 11.6 Å². The number of benzene rings is 3. The Bertz CT molecular complexity index is 1280.